The predicted molar refractivity (Wildman–Crippen MR) is 196 cm³/mol. The van der Waals surface area contributed by atoms with E-state index in [0.29, 0.717) is 43.3 Å². The lowest BCUT2D eigenvalue weighted by Crippen LogP contribution is -2.56. The van der Waals surface area contributed by atoms with E-state index in [0.717, 1.165) is 52.9 Å². The van der Waals surface area contributed by atoms with Gasteiger partial charge in [-0.25, -0.2) is 4.79 Å². The first-order valence-corrected chi connectivity index (χ1v) is 17.3. The van der Waals surface area contributed by atoms with Gasteiger partial charge in [0.05, 0.1) is 32.8 Å². The van der Waals surface area contributed by atoms with Gasteiger partial charge in [0, 0.05) is 78.3 Å². The average molecular weight is 747 g/mol. The highest BCUT2D eigenvalue weighted by Crippen LogP contribution is 2.29. The number of aromatic amines is 2. The maximum absolute atomic E-state index is 13.7. The molecule has 16 heteroatoms. The van der Waals surface area contributed by atoms with Crippen molar-refractivity contribution in [1.29, 1.82) is 0 Å². The van der Waals surface area contributed by atoms with Gasteiger partial charge >= 0.3 is 12.1 Å². The van der Waals surface area contributed by atoms with Crippen molar-refractivity contribution in [1.82, 2.24) is 40.7 Å². The van der Waals surface area contributed by atoms with Crippen molar-refractivity contribution in [3.05, 3.63) is 107 Å². The number of H-pyrrole nitrogens is 2. The zero-order valence-corrected chi connectivity index (χ0v) is 29.7. The number of carboxylic acids is 1. The third-order valence-electron chi connectivity index (χ3n) is 9.30. The molecule has 7 rings (SSSR count). The number of hydrogen-bond donors (Lipinski definition) is 6. The summed E-state index contributed by atoms with van der Waals surface area (Å²) in [5.41, 5.74) is 5.43. The number of halogens is 3. The van der Waals surface area contributed by atoms with Crippen LogP contribution in [0.15, 0.2) is 79.1 Å². The molecule has 4 heterocycles. The molecule has 1 fully saturated rings. The molecule has 1 aliphatic heterocycles. The molecule has 0 aliphatic carbocycles. The van der Waals surface area contributed by atoms with Gasteiger partial charge in [0.15, 0.2) is 5.82 Å². The molecule has 1 saturated heterocycles. The average Bonchev–Trinajstić information content (AvgIpc) is 3.91. The molecule has 54 heavy (non-hydrogen) atoms. The van der Waals surface area contributed by atoms with Crippen molar-refractivity contribution < 1.29 is 37.3 Å². The van der Waals surface area contributed by atoms with Crippen LogP contribution in [-0.4, -0.2) is 87.8 Å². The Morgan fingerprint density at radius 3 is 2.20 bits per heavy atom. The second kappa shape index (κ2) is 16.9. The number of fused-ring (bicyclic) bond motifs is 2. The third-order valence-corrected chi connectivity index (χ3v) is 9.30. The molecule has 0 bridgehead atoms. The summed E-state index contributed by atoms with van der Waals surface area (Å²) in [6, 6.07) is 21.6. The zero-order valence-electron chi connectivity index (χ0n) is 29.7. The van der Waals surface area contributed by atoms with E-state index in [2.05, 4.69) is 67.0 Å². The van der Waals surface area contributed by atoms with Crippen LogP contribution in [-0.2, 0) is 35.4 Å². The monoisotopic (exact) mass is 746 g/mol. The Labute approximate surface area is 308 Å². The number of methoxy groups -OCH3 is 2. The topological polar surface area (TPSA) is 171 Å². The number of aromatic nitrogens is 5. The van der Waals surface area contributed by atoms with Crippen LogP contribution in [0.2, 0.25) is 0 Å². The summed E-state index contributed by atoms with van der Waals surface area (Å²) in [6.45, 7) is 2.59. The number of rotatable bonds is 12. The molecule has 13 nitrogen and oxygen atoms in total. The van der Waals surface area contributed by atoms with Gasteiger partial charge in [0.25, 0.3) is 0 Å². The number of nitrogens with zero attached hydrogens (tertiary/aromatic N) is 3. The summed E-state index contributed by atoms with van der Waals surface area (Å²) in [6.07, 6.45) is 0.990. The first kappa shape index (κ1) is 37.9. The van der Waals surface area contributed by atoms with E-state index in [1.807, 2.05) is 42.6 Å². The molecule has 6 N–H and O–H groups in total. The lowest BCUT2D eigenvalue weighted by Gasteiger charge is -2.27. The Morgan fingerprint density at radius 2 is 1.57 bits per heavy atom. The van der Waals surface area contributed by atoms with Crippen LogP contribution in [0.1, 0.15) is 34.4 Å². The summed E-state index contributed by atoms with van der Waals surface area (Å²) >= 11 is 0. The molecular formula is C38H41F3N8O5. The third kappa shape index (κ3) is 8.83. The number of aryl methyl sites for hydroxylation is 2. The van der Waals surface area contributed by atoms with Gasteiger partial charge in [-0.15, -0.1) is 10.2 Å². The van der Waals surface area contributed by atoms with Crippen molar-refractivity contribution in [2.75, 3.05) is 33.9 Å². The predicted octanol–water partition coefficient (Wildman–Crippen LogP) is 4.69. The smallest absolute Gasteiger partial charge is 0.490 e. The quantitative estimate of drug-likeness (QED) is 0.104. The fourth-order valence-electron chi connectivity index (χ4n) is 6.54. The fourth-order valence-corrected chi connectivity index (χ4v) is 6.54. The highest BCUT2D eigenvalue weighted by molar-refractivity contribution is 5.85. The van der Waals surface area contributed by atoms with Gasteiger partial charge in [-0.05, 0) is 41.8 Å². The molecule has 284 valence electrons. The van der Waals surface area contributed by atoms with Crippen LogP contribution in [0.4, 0.5) is 13.2 Å². The fraction of sp³-hybridized carbons (Fsp3) is 0.316. The van der Waals surface area contributed by atoms with Crippen molar-refractivity contribution in [2.45, 2.75) is 44.1 Å². The number of carboxylic acid groups (broad SMARTS) is 1. The molecule has 2 atom stereocenters. The van der Waals surface area contributed by atoms with E-state index in [-0.39, 0.29) is 11.9 Å². The number of nitrogens with one attached hydrogen (secondary N) is 5. The van der Waals surface area contributed by atoms with E-state index >= 15 is 0 Å². The van der Waals surface area contributed by atoms with Crippen LogP contribution in [0.3, 0.4) is 0 Å². The van der Waals surface area contributed by atoms with Crippen molar-refractivity contribution in [3.63, 3.8) is 0 Å². The second-order valence-corrected chi connectivity index (χ2v) is 12.7. The van der Waals surface area contributed by atoms with E-state index in [9.17, 15) is 18.0 Å². The van der Waals surface area contributed by atoms with Crippen LogP contribution >= 0.6 is 0 Å². The molecule has 1 unspecified atom stereocenters. The van der Waals surface area contributed by atoms with Crippen molar-refractivity contribution in [2.24, 2.45) is 0 Å². The lowest BCUT2D eigenvalue weighted by atomic mass is 10.0. The number of carbonyl (C=O) groups excluding carboxylic acids is 1. The minimum absolute atomic E-state index is 0.0704. The van der Waals surface area contributed by atoms with Gasteiger partial charge in [0.1, 0.15) is 17.3 Å². The molecule has 0 spiro atoms. The number of hydrogen-bond acceptors (Lipinski definition) is 8. The van der Waals surface area contributed by atoms with Gasteiger partial charge in [-0.2, -0.15) is 13.2 Å². The van der Waals surface area contributed by atoms with Crippen LogP contribution in [0.25, 0.3) is 21.8 Å². The van der Waals surface area contributed by atoms with E-state index in [1.165, 1.54) is 10.9 Å². The van der Waals surface area contributed by atoms with Crippen LogP contribution < -0.4 is 25.4 Å². The normalized spacial score (nSPS) is 15.0. The highest BCUT2D eigenvalue weighted by Gasteiger charge is 2.38. The lowest BCUT2D eigenvalue weighted by molar-refractivity contribution is -0.192. The summed E-state index contributed by atoms with van der Waals surface area (Å²) in [5, 5.41) is 29.0. The van der Waals surface area contributed by atoms with Gasteiger partial charge in [-0.1, -0.05) is 36.4 Å². The minimum atomic E-state index is -5.08. The van der Waals surface area contributed by atoms with Crippen molar-refractivity contribution in [3.8, 4) is 11.5 Å². The van der Waals surface area contributed by atoms with Crippen molar-refractivity contribution >= 4 is 33.7 Å². The standard InChI is InChI=1S/C36H40N8O3.C2HF3O2/c1-46-26-13-11-24(33(18-26)47-2)22-44-34(14-12-23-19-39-29-9-5-3-7-27(23)29)42-43-35(44)31(41-36(45)32-21-37-15-16-38-32)17-25-20-40-30-10-6-4-8-28(25)30;3-2(4,5)1(6)7/h3-11,13,18-20,31-32,37-40H,12,14-17,21-22H2,1-2H3,(H,41,45);(H,6,7)/t31-,32?;/m1./s1. The largest absolute Gasteiger partial charge is 0.497 e. The molecular weight excluding hydrogens is 705 g/mol. The molecule has 6 aromatic rings. The van der Waals surface area contributed by atoms with E-state index in [4.69, 9.17) is 29.6 Å². The van der Waals surface area contributed by atoms with Crippen LogP contribution in [0, 0.1) is 0 Å². The zero-order chi connectivity index (χ0) is 38.2. The van der Waals surface area contributed by atoms with Gasteiger partial charge in [0.2, 0.25) is 5.91 Å². The Kier molecular flexibility index (Phi) is 11.8. The number of benzene rings is 3. The number of ether oxygens (including phenoxy) is 2. The molecule has 1 amide bonds. The molecule has 3 aromatic heterocycles. The number of piperazine rings is 1. The highest BCUT2D eigenvalue weighted by atomic mass is 19.4. The Balaban J connectivity index is 0.000000649. The SMILES string of the molecule is COc1ccc(Cn2c(CCc3c[nH]c4ccccc34)nnc2[C@@H](Cc2c[nH]c3ccccc23)NC(=O)C2CNCCN2)c(OC)c1.O=C(O)C(F)(F)F. The number of para-hydroxylation sites is 2. The second-order valence-electron chi connectivity index (χ2n) is 12.7. The summed E-state index contributed by atoms with van der Waals surface area (Å²) < 4.78 is 45.1. The molecule has 3 aromatic carbocycles. The number of amides is 1. The van der Waals surface area contributed by atoms with E-state index < -0.39 is 18.2 Å². The summed E-state index contributed by atoms with van der Waals surface area (Å²) in [7, 11) is 3.30. The Morgan fingerprint density at radius 1 is 0.907 bits per heavy atom. The van der Waals surface area contributed by atoms with Crippen LogP contribution in [0.5, 0.6) is 11.5 Å². The van der Waals surface area contributed by atoms with Gasteiger partial charge < -0.3 is 45.1 Å². The maximum atomic E-state index is 13.7. The first-order chi connectivity index (χ1) is 26.0. The molecule has 1 aliphatic rings. The Bertz CT molecular complexity index is 2210. The number of aliphatic carboxylic acids is 1. The molecule has 0 radical (unpaired) electrons. The first-order valence-electron chi connectivity index (χ1n) is 17.3. The maximum Gasteiger partial charge on any atom is 0.490 e. The van der Waals surface area contributed by atoms with Gasteiger partial charge in [-0.3, -0.25) is 4.79 Å². The minimum Gasteiger partial charge on any atom is -0.497 e. The summed E-state index contributed by atoms with van der Waals surface area (Å²) in [5.74, 6) is 0.123. The number of carbonyl (C=O) groups is 2. The number of alkyl halides is 3. The molecule has 0 saturated carbocycles. The summed E-state index contributed by atoms with van der Waals surface area (Å²) in [4.78, 5) is 29.4. The Hall–Kier alpha value is -5.87. The van der Waals surface area contributed by atoms with E-state index in [1.54, 1.807) is 14.2 Å².